The van der Waals surface area contributed by atoms with Crippen molar-refractivity contribution in [3.63, 3.8) is 0 Å². The summed E-state index contributed by atoms with van der Waals surface area (Å²) in [5.41, 5.74) is 2.92. The summed E-state index contributed by atoms with van der Waals surface area (Å²) in [5, 5.41) is 0.442. The number of thioether (sulfide) groups is 1. The van der Waals surface area contributed by atoms with Gasteiger partial charge in [-0.1, -0.05) is 72.0 Å². The van der Waals surface area contributed by atoms with Crippen molar-refractivity contribution in [2.24, 2.45) is 0 Å². The molecule has 0 saturated carbocycles. The fraction of sp³-hybridized carbons (Fsp3) is 0.167. The zero-order valence-corrected chi connectivity index (χ0v) is 18.9. The third kappa shape index (κ3) is 5.64. The highest BCUT2D eigenvalue weighted by atomic mass is 35.5. The Bertz CT molecular complexity index is 1070. The van der Waals surface area contributed by atoms with E-state index in [2.05, 4.69) is 0 Å². The largest absolute Gasteiger partial charge is 0.489 e. The predicted octanol–water partition coefficient (Wildman–Crippen LogP) is 6.03. The van der Waals surface area contributed by atoms with Gasteiger partial charge in [-0.05, 0) is 59.5 Å². The van der Waals surface area contributed by atoms with Gasteiger partial charge < -0.3 is 4.74 Å². The number of carbonyl (C=O) groups excluding carboxylic acids is 1. The number of ether oxygens (including phenoxy) is 1. The topological polar surface area (TPSA) is 29.5 Å². The fourth-order valence-corrected chi connectivity index (χ4v) is 4.88. The maximum atomic E-state index is 13.1. The van der Waals surface area contributed by atoms with Crippen LogP contribution >= 0.6 is 35.6 Å². The third-order valence-electron chi connectivity index (χ3n) is 4.92. The molecule has 7 heteroatoms. The van der Waals surface area contributed by atoms with Crippen molar-refractivity contribution in [2.75, 3.05) is 0 Å². The van der Waals surface area contributed by atoms with Crippen LogP contribution in [0.15, 0.2) is 72.8 Å². The van der Waals surface area contributed by atoms with E-state index in [1.807, 2.05) is 48.5 Å². The maximum Gasteiger partial charge on any atom is 0.242 e. The predicted molar refractivity (Wildman–Crippen MR) is 127 cm³/mol. The lowest BCUT2D eigenvalue weighted by molar-refractivity contribution is -0.126. The summed E-state index contributed by atoms with van der Waals surface area (Å²) in [6.07, 6.45) is 0.584. The second-order valence-corrected chi connectivity index (χ2v) is 9.46. The molecule has 1 fully saturated rings. The second kappa shape index (κ2) is 9.81. The van der Waals surface area contributed by atoms with Crippen molar-refractivity contribution in [3.05, 3.63) is 100 Å². The Kier molecular flexibility index (Phi) is 6.90. The van der Waals surface area contributed by atoms with E-state index < -0.39 is 0 Å². The fourth-order valence-electron chi connectivity index (χ4n) is 3.23. The Morgan fingerprint density at radius 3 is 2.23 bits per heavy atom. The molecule has 4 rings (SSSR count). The van der Waals surface area contributed by atoms with Crippen LogP contribution in [-0.2, 0) is 24.4 Å². The second-order valence-electron chi connectivity index (χ2n) is 7.19. The van der Waals surface area contributed by atoms with Gasteiger partial charge in [0.15, 0.2) is 0 Å². The lowest BCUT2D eigenvalue weighted by atomic mass is 10.1. The van der Waals surface area contributed by atoms with Crippen molar-refractivity contribution in [3.8, 4) is 5.75 Å². The smallest absolute Gasteiger partial charge is 0.242 e. The van der Waals surface area contributed by atoms with E-state index in [4.69, 9.17) is 28.6 Å². The van der Waals surface area contributed by atoms with Gasteiger partial charge in [0.25, 0.3) is 0 Å². The highest BCUT2D eigenvalue weighted by molar-refractivity contribution is 8.24. The molecule has 0 N–H and O–H groups in total. The summed E-state index contributed by atoms with van der Waals surface area (Å²) in [6.45, 7) is 0.818. The summed E-state index contributed by atoms with van der Waals surface area (Å²) < 4.78 is 19.5. The monoisotopic (exact) mass is 471 g/mol. The van der Waals surface area contributed by atoms with E-state index in [1.54, 1.807) is 17.0 Å². The summed E-state index contributed by atoms with van der Waals surface area (Å²) in [5.74, 6) is 0.451. The molecule has 1 saturated heterocycles. The quantitative estimate of drug-likeness (QED) is 0.393. The normalized spacial score (nSPS) is 16.1. The van der Waals surface area contributed by atoms with Crippen molar-refractivity contribution < 1.29 is 13.9 Å². The molecule has 31 heavy (non-hydrogen) atoms. The van der Waals surface area contributed by atoms with Crippen LogP contribution in [-0.4, -0.2) is 20.4 Å². The SMILES string of the molecule is O=C1[C@@H](Cc2ccc(OCc3ccc(Cl)cc3)cc2)SC(=S)N1Cc1ccc(F)cc1. The molecule has 0 aliphatic carbocycles. The molecule has 0 aromatic heterocycles. The highest BCUT2D eigenvalue weighted by Crippen LogP contribution is 2.31. The van der Waals surface area contributed by atoms with Crippen LogP contribution in [0.1, 0.15) is 16.7 Å². The number of hydrogen-bond donors (Lipinski definition) is 0. The molecule has 1 amide bonds. The van der Waals surface area contributed by atoms with Gasteiger partial charge in [0.1, 0.15) is 22.5 Å². The van der Waals surface area contributed by atoms with Gasteiger partial charge in [-0.2, -0.15) is 0 Å². The first kappa shape index (κ1) is 21.8. The number of thiocarbonyl (C=S) groups is 1. The summed E-state index contributed by atoms with van der Waals surface area (Å²) in [6, 6.07) is 21.4. The maximum absolute atomic E-state index is 13.1. The van der Waals surface area contributed by atoms with Crippen molar-refractivity contribution in [2.45, 2.75) is 24.8 Å². The van der Waals surface area contributed by atoms with E-state index >= 15 is 0 Å². The Morgan fingerprint density at radius 1 is 0.935 bits per heavy atom. The Hall–Kier alpha value is -2.41. The molecule has 158 valence electrons. The van der Waals surface area contributed by atoms with E-state index in [9.17, 15) is 9.18 Å². The number of rotatable bonds is 7. The molecule has 0 unspecified atom stereocenters. The van der Waals surface area contributed by atoms with Crippen molar-refractivity contribution >= 4 is 45.8 Å². The first-order valence-corrected chi connectivity index (χ1v) is 11.4. The first-order valence-electron chi connectivity index (χ1n) is 9.70. The number of halogens is 2. The molecule has 1 heterocycles. The minimum Gasteiger partial charge on any atom is -0.489 e. The number of carbonyl (C=O) groups is 1. The van der Waals surface area contributed by atoms with Crippen LogP contribution in [0.3, 0.4) is 0 Å². The van der Waals surface area contributed by atoms with Crippen LogP contribution in [0.2, 0.25) is 5.02 Å². The lowest BCUT2D eigenvalue weighted by Gasteiger charge is -2.15. The molecule has 3 nitrogen and oxygen atoms in total. The van der Waals surface area contributed by atoms with Crippen LogP contribution in [0.25, 0.3) is 0 Å². The van der Waals surface area contributed by atoms with Gasteiger partial charge in [0, 0.05) is 5.02 Å². The summed E-state index contributed by atoms with van der Waals surface area (Å²) >= 11 is 12.7. The number of amides is 1. The van der Waals surface area contributed by atoms with Crippen LogP contribution in [0.4, 0.5) is 4.39 Å². The van der Waals surface area contributed by atoms with Gasteiger partial charge in [-0.3, -0.25) is 9.69 Å². The standard InChI is InChI=1S/C24H19ClFNO2S2/c25-19-7-1-18(2-8-19)15-29-21-11-5-16(6-12-21)13-22-23(28)27(24(30)31-22)14-17-3-9-20(26)10-4-17/h1-12,22H,13-15H2/t22-/m1/s1. The van der Waals surface area contributed by atoms with Gasteiger partial charge in [-0.15, -0.1) is 0 Å². The molecule has 1 aliphatic heterocycles. The Labute approximate surface area is 195 Å². The average molecular weight is 472 g/mol. The zero-order valence-electron chi connectivity index (χ0n) is 16.5. The number of nitrogens with zero attached hydrogens (tertiary/aromatic N) is 1. The molecule has 3 aromatic carbocycles. The Morgan fingerprint density at radius 2 is 1.55 bits per heavy atom. The minimum atomic E-state index is -0.299. The molecular weight excluding hydrogens is 453 g/mol. The van der Waals surface area contributed by atoms with Gasteiger partial charge in [0.05, 0.1) is 11.8 Å². The van der Waals surface area contributed by atoms with E-state index in [-0.39, 0.29) is 17.0 Å². The summed E-state index contributed by atoms with van der Waals surface area (Å²) in [4.78, 5) is 14.4. The molecule has 0 bridgehead atoms. The van der Waals surface area contributed by atoms with E-state index in [0.717, 1.165) is 22.4 Å². The molecular formula is C24H19ClFNO2S2. The lowest BCUT2D eigenvalue weighted by Crippen LogP contribution is -2.31. The van der Waals surface area contributed by atoms with E-state index in [1.165, 1.54) is 23.9 Å². The highest BCUT2D eigenvalue weighted by Gasteiger charge is 2.36. The number of benzene rings is 3. The average Bonchev–Trinajstić information content (AvgIpc) is 3.03. The first-order chi connectivity index (χ1) is 15.0. The Balaban J connectivity index is 1.33. The zero-order chi connectivity index (χ0) is 21.8. The minimum absolute atomic E-state index is 0.0117. The molecule has 3 aromatic rings. The van der Waals surface area contributed by atoms with Crippen molar-refractivity contribution in [1.29, 1.82) is 0 Å². The molecule has 0 spiro atoms. The number of hydrogen-bond acceptors (Lipinski definition) is 4. The van der Waals surface area contributed by atoms with Gasteiger partial charge in [0.2, 0.25) is 5.91 Å². The third-order valence-corrected chi connectivity index (χ3v) is 6.76. The van der Waals surface area contributed by atoms with Crippen LogP contribution in [0, 0.1) is 5.82 Å². The van der Waals surface area contributed by atoms with Crippen molar-refractivity contribution in [1.82, 2.24) is 4.90 Å². The summed E-state index contributed by atoms with van der Waals surface area (Å²) in [7, 11) is 0. The molecule has 1 aliphatic rings. The molecule has 0 radical (unpaired) electrons. The van der Waals surface area contributed by atoms with Crippen LogP contribution < -0.4 is 4.74 Å². The van der Waals surface area contributed by atoms with Crippen LogP contribution in [0.5, 0.6) is 5.75 Å². The van der Waals surface area contributed by atoms with Gasteiger partial charge in [-0.25, -0.2) is 4.39 Å². The van der Waals surface area contributed by atoms with E-state index in [0.29, 0.717) is 28.9 Å². The molecule has 1 atom stereocenters. The van der Waals surface area contributed by atoms with Gasteiger partial charge >= 0.3 is 0 Å².